The van der Waals surface area contributed by atoms with Crippen LogP contribution >= 0.6 is 11.3 Å². The van der Waals surface area contributed by atoms with Crippen molar-refractivity contribution in [2.24, 2.45) is 0 Å². The summed E-state index contributed by atoms with van der Waals surface area (Å²) in [7, 11) is 0. The molecule has 0 amide bonds. The molecule has 0 spiro atoms. The van der Waals surface area contributed by atoms with Gasteiger partial charge in [0.2, 0.25) is 0 Å². The smallest absolute Gasteiger partial charge is 0.292 e. The predicted molar refractivity (Wildman–Crippen MR) is 76.7 cm³/mol. The third-order valence-corrected chi connectivity index (χ3v) is 3.96. The van der Waals surface area contributed by atoms with Gasteiger partial charge in [0.25, 0.3) is 5.69 Å². The lowest BCUT2D eigenvalue weighted by atomic mass is 10.1. The number of nitrogens with one attached hydrogen (secondary N) is 1. The summed E-state index contributed by atoms with van der Waals surface area (Å²) in [5.74, 6) is 0. The first-order valence-corrected chi connectivity index (χ1v) is 6.78. The fourth-order valence-electron chi connectivity index (χ4n) is 1.81. The highest BCUT2D eigenvalue weighted by Gasteiger charge is 2.18. The van der Waals surface area contributed by atoms with Crippen LogP contribution in [0.4, 0.5) is 11.4 Å². The molecule has 5 nitrogen and oxygen atoms in total. The van der Waals surface area contributed by atoms with Crippen molar-refractivity contribution in [3.05, 3.63) is 50.0 Å². The molecule has 0 bridgehead atoms. The van der Waals surface area contributed by atoms with Gasteiger partial charge in [-0.2, -0.15) is 0 Å². The first-order valence-electron chi connectivity index (χ1n) is 5.90. The van der Waals surface area contributed by atoms with Crippen LogP contribution in [-0.4, -0.2) is 9.91 Å². The third-order valence-electron chi connectivity index (χ3n) is 3.00. The summed E-state index contributed by atoms with van der Waals surface area (Å²) in [4.78, 5) is 15.0. The molecule has 0 saturated heterocycles. The zero-order valence-electron chi connectivity index (χ0n) is 11.0. The molecule has 100 valence electrons. The number of hydrogen-bond acceptors (Lipinski definition) is 5. The van der Waals surface area contributed by atoms with Gasteiger partial charge in [0.1, 0.15) is 10.7 Å². The molecule has 1 atom stereocenters. The Kier molecular flexibility index (Phi) is 3.80. The van der Waals surface area contributed by atoms with Crippen LogP contribution in [0, 0.1) is 24.0 Å². The first-order chi connectivity index (χ1) is 8.99. The maximum Gasteiger partial charge on any atom is 0.292 e. The number of aromatic nitrogens is 1. The molecule has 1 aromatic carbocycles. The summed E-state index contributed by atoms with van der Waals surface area (Å²) in [6, 6.07) is 3.37. The average Bonchev–Trinajstić information content (AvgIpc) is 2.86. The van der Waals surface area contributed by atoms with Crippen LogP contribution in [0.2, 0.25) is 0 Å². The number of rotatable bonds is 4. The van der Waals surface area contributed by atoms with E-state index in [1.54, 1.807) is 12.3 Å². The Labute approximate surface area is 115 Å². The molecule has 1 heterocycles. The zero-order chi connectivity index (χ0) is 14.0. The topological polar surface area (TPSA) is 68.1 Å². The molecule has 0 aliphatic rings. The quantitative estimate of drug-likeness (QED) is 0.681. The lowest BCUT2D eigenvalue weighted by Crippen LogP contribution is -2.08. The van der Waals surface area contributed by atoms with Gasteiger partial charge < -0.3 is 5.32 Å². The van der Waals surface area contributed by atoms with Crippen molar-refractivity contribution in [1.82, 2.24) is 4.98 Å². The zero-order valence-corrected chi connectivity index (χ0v) is 11.8. The summed E-state index contributed by atoms with van der Waals surface area (Å²) in [5, 5.41) is 17.1. The molecule has 6 heteroatoms. The Morgan fingerprint density at radius 3 is 2.63 bits per heavy atom. The average molecular weight is 277 g/mol. The minimum Gasteiger partial charge on any atom is -0.371 e. The summed E-state index contributed by atoms with van der Waals surface area (Å²) in [6.45, 7) is 5.76. The van der Waals surface area contributed by atoms with Gasteiger partial charge in [-0.3, -0.25) is 10.1 Å². The minimum atomic E-state index is -0.358. The predicted octanol–water partition coefficient (Wildman–Crippen LogP) is 3.84. The minimum absolute atomic E-state index is 0.0548. The molecule has 1 unspecified atom stereocenters. The summed E-state index contributed by atoms with van der Waals surface area (Å²) in [5.41, 5.74) is 2.58. The molecule has 0 radical (unpaired) electrons. The van der Waals surface area contributed by atoms with Gasteiger partial charge in [-0.1, -0.05) is 0 Å². The SMILES string of the molecule is Cc1cc(NC(C)c2nccs2)c([N+](=O)[O-])cc1C. The second-order valence-electron chi connectivity index (χ2n) is 4.45. The van der Waals surface area contributed by atoms with E-state index in [1.165, 1.54) is 11.3 Å². The molecule has 1 N–H and O–H groups in total. The number of aryl methyl sites for hydroxylation is 2. The number of anilines is 1. The van der Waals surface area contributed by atoms with Crippen LogP contribution in [0.3, 0.4) is 0 Å². The van der Waals surface area contributed by atoms with Crippen molar-refractivity contribution >= 4 is 22.7 Å². The van der Waals surface area contributed by atoms with E-state index < -0.39 is 0 Å². The monoisotopic (exact) mass is 277 g/mol. The van der Waals surface area contributed by atoms with E-state index in [0.717, 1.165) is 16.1 Å². The molecular weight excluding hydrogens is 262 g/mol. The van der Waals surface area contributed by atoms with Gasteiger partial charge in [-0.25, -0.2) is 4.98 Å². The van der Waals surface area contributed by atoms with Gasteiger partial charge in [0, 0.05) is 17.6 Å². The van der Waals surface area contributed by atoms with Crippen molar-refractivity contribution in [3.63, 3.8) is 0 Å². The Balaban J connectivity index is 2.33. The van der Waals surface area contributed by atoms with Gasteiger partial charge in [0.15, 0.2) is 0 Å². The number of nitro groups is 1. The van der Waals surface area contributed by atoms with Crippen molar-refractivity contribution < 1.29 is 4.92 Å². The van der Waals surface area contributed by atoms with E-state index >= 15 is 0 Å². The normalized spacial score (nSPS) is 12.2. The second-order valence-corrected chi connectivity index (χ2v) is 5.37. The van der Waals surface area contributed by atoms with E-state index in [4.69, 9.17) is 0 Å². The Bertz CT molecular complexity index is 596. The summed E-state index contributed by atoms with van der Waals surface area (Å²) in [6.07, 6.45) is 1.73. The number of nitro benzene ring substituents is 1. The van der Waals surface area contributed by atoms with E-state index in [-0.39, 0.29) is 16.7 Å². The molecular formula is C13H15N3O2S. The molecule has 0 aliphatic heterocycles. The lowest BCUT2D eigenvalue weighted by molar-refractivity contribution is -0.384. The van der Waals surface area contributed by atoms with Crippen LogP contribution in [0.5, 0.6) is 0 Å². The van der Waals surface area contributed by atoms with Crippen LogP contribution < -0.4 is 5.32 Å². The molecule has 2 rings (SSSR count). The molecule has 0 fully saturated rings. The highest BCUT2D eigenvalue weighted by molar-refractivity contribution is 7.09. The first kappa shape index (κ1) is 13.5. The lowest BCUT2D eigenvalue weighted by Gasteiger charge is -2.14. The van der Waals surface area contributed by atoms with E-state index in [9.17, 15) is 10.1 Å². The van der Waals surface area contributed by atoms with Gasteiger partial charge >= 0.3 is 0 Å². The fraction of sp³-hybridized carbons (Fsp3) is 0.308. The second kappa shape index (κ2) is 5.36. The molecule has 0 saturated carbocycles. The van der Waals surface area contributed by atoms with Crippen molar-refractivity contribution in [1.29, 1.82) is 0 Å². The maximum atomic E-state index is 11.1. The number of hydrogen-bond donors (Lipinski definition) is 1. The van der Waals surface area contributed by atoms with Crippen LogP contribution in [0.15, 0.2) is 23.7 Å². The van der Waals surface area contributed by atoms with E-state index in [1.807, 2.05) is 32.2 Å². The number of benzene rings is 1. The van der Waals surface area contributed by atoms with E-state index in [0.29, 0.717) is 5.69 Å². The maximum absolute atomic E-state index is 11.1. The molecule has 2 aromatic rings. The summed E-state index contributed by atoms with van der Waals surface area (Å²) < 4.78 is 0. The summed E-state index contributed by atoms with van der Waals surface area (Å²) >= 11 is 1.53. The van der Waals surface area contributed by atoms with Crippen molar-refractivity contribution in [2.75, 3.05) is 5.32 Å². The van der Waals surface area contributed by atoms with Crippen LogP contribution in [0.25, 0.3) is 0 Å². The largest absolute Gasteiger partial charge is 0.371 e. The van der Waals surface area contributed by atoms with Gasteiger partial charge in [0.05, 0.1) is 11.0 Å². The number of nitrogens with zero attached hydrogens (tertiary/aromatic N) is 2. The molecule has 19 heavy (non-hydrogen) atoms. The number of thiazole rings is 1. The van der Waals surface area contributed by atoms with Gasteiger partial charge in [-0.05, 0) is 38.0 Å². The molecule has 1 aromatic heterocycles. The standard InChI is InChI=1S/C13H15N3O2S/c1-8-6-11(12(16(17)18)7-9(8)2)15-10(3)13-14-4-5-19-13/h4-7,10,15H,1-3H3. The highest BCUT2D eigenvalue weighted by Crippen LogP contribution is 2.31. The Morgan fingerprint density at radius 1 is 1.37 bits per heavy atom. The van der Waals surface area contributed by atoms with Gasteiger partial charge in [-0.15, -0.1) is 11.3 Å². The van der Waals surface area contributed by atoms with Crippen LogP contribution in [-0.2, 0) is 0 Å². The van der Waals surface area contributed by atoms with E-state index in [2.05, 4.69) is 10.3 Å². The third kappa shape index (κ3) is 2.90. The highest BCUT2D eigenvalue weighted by atomic mass is 32.1. The fourth-order valence-corrected chi connectivity index (χ4v) is 2.46. The van der Waals surface area contributed by atoms with Crippen molar-refractivity contribution in [3.8, 4) is 0 Å². The Morgan fingerprint density at radius 2 is 2.05 bits per heavy atom. The van der Waals surface area contributed by atoms with Crippen molar-refractivity contribution in [2.45, 2.75) is 26.8 Å². The van der Waals surface area contributed by atoms with Crippen LogP contribution in [0.1, 0.15) is 29.1 Å². The Hall–Kier alpha value is -1.95. The molecule has 0 aliphatic carbocycles.